The largest absolute Gasteiger partial charge is 0.272 e. The van der Waals surface area contributed by atoms with E-state index in [-0.39, 0.29) is 57.3 Å². The van der Waals surface area contributed by atoms with Crippen molar-refractivity contribution in [3.05, 3.63) is 60.7 Å². The molecule has 0 N–H and O–H groups in total. The number of rotatable bonds is 5. The van der Waals surface area contributed by atoms with Crippen molar-refractivity contribution < 1.29 is 9.59 Å². The van der Waals surface area contributed by atoms with Gasteiger partial charge in [0, 0.05) is 45.5 Å². The van der Waals surface area contributed by atoms with Crippen molar-refractivity contribution in [1.29, 1.82) is 0 Å². The molecule has 0 bridgehead atoms. The van der Waals surface area contributed by atoms with Crippen LogP contribution in [0.5, 0.6) is 0 Å². The first-order valence-corrected chi connectivity index (χ1v) is 8.02. The van der Waals surface area contributed by atoms with Crippen molar-refractivity contribution in [2.45, 2.75) is 26.2 Å². The maximum Gasteiger partial charge on any atom is 0.258 e. The van der Waals surface area contributed by atoms with E-state index in [9.17, 15) is 9.59 Å². The summed E-state index contributed by atoms with van der Waals surface area (Å²) >= 11 is 0. The third-order valence-corrected chi connectivity index (χ3v) is 4.06. The number of hydrazine groups is 1. The molecule has 2 amide bonds. The van der Waals surface area contributed by atoms with Gasteiger partial charge in [0.15, 0.2) is 0 Å². The zero-order chi connectivity index (χ0) is 16.2. The van der Waals surface area contributed by atoms with E-state index in [1.807, 2.05) is 60.7 Å². The molecule has 1 saturated heterocycles. The quantitative estimate of drug-likeness (QED) is 0.575. The van der Waals surface area contributed by atoms with Crippen LogP contribution >= 0.6 is 0 Å². The van der Waals surface area contributed by atoms with Crippen LogP contribution < -0.4 is 10.0 Å². The van der Waals surface area contributed by atoms with Gasteiger partial charge in [-0.3, -0.25) is 9.59 Å². The number of anilines is 2. The Morgan fingerprint density at radius 3 is 1.58 bits per heavy atom. The fraction of sp³-hybridized carbons (Fsp3) is 0.263. The number of carbonyl (C=O) groups is 2. The topological polar surface area (TPSA) is 40.6 Å². The number of nitrogens with zero attached hydrogens (tertiary/aromatic N) is 2. The van der Waals surface area contributed by atoms with Crippen LogP contribution in [-0.2, 0) is 9.59 Å². The van der Waals surface area contributed by atoms with Gasteiger partial charge in [0.05, 0.1) is 11.4 Å². The number of amides is 2. The fourth-order valence-electron chi connectivity index (χ4n) is 2.88. The molecule has 1 fully saturated rings. The summed E-state index contributed by atoms with van der Waals surface area (Å²) in [5.41, 5.74) is 1.43. The molecule has 0 saturated carbocycles. The number of para-hydroxylation sites is 2. The smallest absolute Gasteiger partial charge is 0.258 e. The van der Waals surface area contributed by atoms with Gasteiger partial charge in [0.25, 0.3) is 11.8 Å². The number of unbranched alkanes of at least 4 members (excludes halogenated alkanes) is 1. The average Bonchev–Trinajstić information content (AvgIpc) is 2.85. The molecule has 3 rings (SSSR count). The Bertz CT molecular complexity index is 634. The second kappa shape index (κ2) is 8.81. The molecule has 1 heterocycles. The number of hydrogen-bond acceptors (Lipinski definition) is 2. The van der Waals surface area contributed by atoms with Crippen molar-refractivity contribution in [2.24, 2.45) is 5.92 Å². The first-order valence-electron chi connectivity index (χ1n) is 8.02. The molecule has 0 atom stereocenters. The van der Waals surface area contributed by atoms with Crippen molar-refractivity contribution in [3.8, 4) is 0 Å². The van der Waals surface area contributed by atoms with Crippen LogP contribution in [0, 0.1) is 5.92 Å². The molecule has 120 valence electrons. The zero-order valence-corrected chi connectivity index (χ0v) is 17.4. The van der Waals surface area contributed by atoms with Gasteiger partial charge in [0.1, 0.15) is 5.92 Å². The maximum absolute atomic E-state index is 12.9. The van der Waals surface area contributed by atoms with E-state index in [1.54, 1.807) is 0 Å². The summed E-state index contributed by atoms with van der Waals surface area (Å²) in [6.07, 6.45) is 2.43. The van der Waals surface area contributed by atoms with Crippen molar-refractivity contribution in [2.75, 3.05) is 10.0 Å². The van der Waals surface area contributed by atoms with Gasteiger partial charge in [0.2, 0.25) is 0 Å². The van der Waals surface area contributed by atoms with Crippen LogP contribution in [0.1, 0.15) is 26.2 Å². The van der Waals surface area contributed by atoms with Gasteiger partial charge in [-0.15, -0.1) is 0 Å². The summed E-state index contributed by atoms with van der Waals surface area (Å²) in [5, 5.41) is 3.02. The summed E-state index contributed by atoms with van der Waals surface area (Å²) in [7, 11) is 0. The van der Waals surface area contributed by atoms with E-state index in [4.69, 9.17) is 0 Å². The molecule has 24 heavy (non-hydrogen) atoms. The van der Waals surface area contributed by atoms with E-state index in [0.717, 1.165) is 12.8 Å². The molecule has 0 spiro atoms. The summed E-state index contributed by atoms with van der Waals surface area (Å²) < 4.78 is 0. The van der Waals surface area contributed by atoms with Gasteiger partial charge >= 0.3 is 0 Å². The minimum Gasteiger partial charge on any atom is -0.272 e. The molecular formula is C19H20N2O2Sr. The van der Waals surface area contributed by atoms with Crippen LogP contribution in [0.2, 0.25) is 0 Å². The number of hydrogen-bond donors (Lipinski definition) is 0. The predicted octanol–water partition coefficient (Wildman–Crippen LogP) is 3.41. The third kappa shape index (κ3) is 3.75. The molecule has 2 radical (unpaired) electrons. The molecule has 0 aromatic heterocycles. The predicted molar refractivity (Wildman–Crippen MR) is 96.6 cm³/mol. The minimum atomic E-state index is -0.588. The van der Waals surface area contributed by atoms with E-state index in [1.165, 1.54) is 10.0 Å². The zero-order valence-electron chi connectivity index (χ0n) is 13.9. The Morgan fingerprint density at radius 1 is 0.792 bits per heavy atom. The maximum atomic E-state index is 12.9. The minimum absolute atomic E-state index is 0. The summed E-state index contributed by atoms with van der Waals surface area (Å²) in [6, 6.07) is 18.7. The molecule has 2 aromatic rings. The summed E-state index contributed by atoms with van der Waals surface area (Å²) in [6.45, 7) is 2.06. The van der Waals surface area contributed by atoms with Gasteiger partial charge < -0.3 is 0 Å². The van der Waals surface area contributed by atoms with Gasteiger partial charge in [-0.25, -0.2) is 10.0 Å². The van der Waals surface area contributed by atoms with Gasteiger partial charge in [-0.1, -0.05) is 56.2 Å². The monoisotopic (exact) mass is 396 g/mol. The fourth-order valence-corrected chi connectivity index (χ4v) is 2.88. The average molecular weight is 396 g/mol. The van der Waals surface area contributed by atoms with Crippen LogP contribution in [0.4, 0.5) is 11.4 Å². The summed E-state index contributed by atoms with van der Waals surface area (Å²) in [4.78, 5) is 25.7. The third-order valence-electron chi connectivity index (χ3n) is 4.06. The molecule has 1 aliphatic rings. The molecule has 0 aliphatic carbocycles. The van der Waals surface area contributed by atoms with Crippen molar-refractivity contribution in [1.82, 2.24) is 0 Å². The Hall–Kier alpha value is -1.14. The Morgan fingerprint density at radius 2 is 1.21 bits per heavy atom. The van der Waals surface area contributed by atoms with Crippen LogP contribution in [0.25, 0.3) is 0 Å². The molecule has 0 unspecified atom stereocenters. The second-order valence-corrected chi connectivity index (χ2v) is 5.67. The Kier molecular flexibility index (Phi) is 7.04. The first kappa shape index (κ1) is 19.2. The Balaban J connectivity index is 0.00000208. The Labute approximate surface area is 179 Å². The van der Waals surface area contributed by atoms with Crippen LogP contribution in [0.3, 0.4) is 0 Å². The molecule has 4 nitrogen and oxygen atoms in total. The first-order chi connectivity index (χ1) is 11.2. The van der Waals surface area contributed by atoms with Gasteiger partial charge in [-0.05, 0) is 30.7 Å². The standard InChI is InChI=1S/C19H20N2O2.Sr/c1-2-3-14-17-18(22)20(15-10-6-4-7-11-15)21(19(17)23)16-12-8-5-9-13-16;/h4-13,17H,2-3,14H2,1H3;. The van der Waals surface area contributed by atoms with Crippen molar-refractivity contribution >= 4 is 68.7 Å². The van der Waals surface area contributed by atoms with E-state index in [0.29, 0.717) is 17.8 Å². The van der Waals surface area contributed by atoms with Gasteiger partial charge in [-0.2, -0.15) is 0 Å². The SMILES string of the molecule is CCCCC1C(=O)N(c2ccccc2)N(c2ccccc2)C1=O.[Sr]. The van der Waals surface area contributed by atoms with E-state index >= 15 is 0 Å². The second-order valence-electron chi connectivity index (χ2n) is 5.67. The molecule has 1 aliphatic heterocycles. The van der Waals surface area contributed by atoms with Crippen LogP contribution in [0.15, 0.2) is 60.7 Å². The molecule has 5 heteroatoms. The molecular weight excluding hydrogens is 376 g/mol. The number of benzene rings is 2. The summed E-state index contributed by atoms with van der Waals surface area (Å²) in [5.74, 6) is -0.868. The normalized spacial score (nSPS) is 14.9. The van der Waals surface area contributed by atoms with E-state index < -0.39 is 5.92 Å². The number of carbonyl (C=O) groups excluding carboxylic acids is 2. The molecule has 2 aromatic carbocycles. The van der Waals surface area contributed by atoms with Crippen molar-refractivity contribution in [3.63, 3.8) is 0 Å². The van der Waals surface area contributed by atoms with Crippen LogP contribution in [-0.4, -0.2) is 57.3 Å². The van der Waals surface area contributed by atoms with E-state index in [2.05, 4.69) is 6.92 Å².